The molecule has 0 aliphatic carbocycles. The van der Waals surface area contributed by atoms with Crippen LogP contribution < -0.4 is 25.6 Å². The molecule has 3 heterocycles. The van der Waals surface area contributed by atoms with Gasteiger partial charge in [0.1, 0.15) is 22.9 Å². The number of hydrogen-bond donors (Lipinski definition) is 3. The summed E-state index contributed by atoms with van der Waals surface area (Å²) in [5.41, 5.74) is -0.140. The molecule has 0 saturated carbocycles. The second-order valence-electron chi connectivity index (χ2n) is 9.36. The number of carbonyl (C=O) groups excluding carboxylic acids is 2. The summed E-state index contributed by atoms with van der Waals surface area (Å²) in [6.07, 6.45) is -2.99. The van der Waals surface area contributed by atoms with Crippen LogP contribution in [-0.4, -0.2) is 84.1 Å². The Morgan fingerprint density at radius 2 is 1.76 bits per heavy atom. The number of anilines is 6. The average molecular weight is 586 g/mol. The first kappa shape index (κ1) is 29.9. The number of amides is 3. The van der Waals surface area contributed by atoms with Crippen molar-refractivity contribution < 1.29 is 27.5 Å². The van der Waals surface area contributed by atoms with Crippen LogP contribution in [0, 0.1) is 0 Å². The maximum absolute atomic E-state index is 13.8. The summed E-state index contributed by atoms with van der Waals surface area (Å²) in [6, 6.07) is 9.47. The van der Waals surface area contributed by atoms with Crippen LogP contribution in [0.5, 0.6) is 5.88 Å². The molecule has 12 nitrogen and oxygen atoms in total. The lowest BCUT2D eigenvalue weighted by Crippen LogP contribution is -2.51. The zero-order valence-electron chi connectivity index (χ0n) is 23.2. The number of pyridine rings is 1. The van der Waals surface area contributed by atoms with Crippen LogP contribution in [0.2, 0.25) is 0 Å². The Kier molecular flexibility index (Phi) is 8.98. The van der Waals surface area contributed by atoms with Crippen molar-refractivity contribution in [2.45, 2.75) is 6.18 Å². The third-order valence-corrected chi connectivity index (χ3v) is 6.21. The first-order chi connectivity index (χ1) is 20.0. The van der Waals surface area contributed by atoms with E-state index in [9.17, 15) is 22.8 Å². The number of piperazine rings is 1. The van der Waals surface area contributed by atoms with Crippen molar-refractivity contribution >= 4 is 46.6 Å². The van der Waals surface area contributed by atoms with Crippen LogP contribution in [-0.2, 0) is 11.0 Å². The van der Waals surface area contributed by atoms with Crippen LogP contribution in [0.3, 0.4) is 0 Å². The summed E-state index contributed by atoms with van der Waals surface area (Å²) in [4.78, 5) is 41.6. The number of rotatable bonds is 8. The number of hydrogen-bond acceptors (Lipinski definition) is 9. The van der Waals surface area contributed by atoms with Crippen molar-refractivity contribution in [2.24, 2.45) is 0 Å². The van der Waals surface area contributed by atoms with E-state index in [0.717, 1.165) is 6.08 Å². The number of alkyl halides is 3. The molecule has 1 aromatic carbocycles. The minimum atomic E-state index is -4.74. The molecular weight excluding hydrogens is 555 g/mol. The third kappa shape index (κ3) is 7.16. The Morgan fingerprint density at radius 1 is 1.05 bits per heavy atom. The average Bonchev–Trinajstić information content (AvgIpc) is 2.96. The Bertz CT molecular complexity index is 1460. The first-order valence-corrected chi connectivity index (χ1v) is 12.8. The van der Waals surface area contributed by atoms with Crippen LogP contribution in [0.4, 0.5) is 52.6 Å². The largest absolute Gasteiger partial charge is 0.479 e. The Hall–Kier alpha value is -5.08. The number of benzene rings is 1. The van der Waals surface area contributed by atoms with Crippen LogP contribution in [0.1, 0.15) is 5.56 Å². The maximum atomic E-state index is 13.8. The molecule has 3 amide bonds. The lowest BCUT2D eigenvalue weighted by Gasteiger charge is -2.36. The van der Waals surface area contributed by atoms with Crippen molar-refractivity contribution in [1.82, 2.24) is 24.8 Å². The maximum Gasteiger partial charge on any atom is 0.421 e. The van der Waals surface area contributed by atoms with Crippen molar-refractivity contribution in [3.8, 4) is 5.88 Å². The zero-order chi connectivity index (χ0) is 30.4. The highest BCUT2D eigenvalue weighted by Crippen LogP contribution is 2.36. The van der Waals surface area contributed by atoms with E-state index >= 15 is 0 Å². The molecule has 4 rings (SSSR count). The van der Waals surface area contributed by atoms with Gasteiger partial charge < -0.3 is 35.4 Å². The molecule has 1 fully saturated rings. The quantitative estimate of drug-likeness (QED) is 0.331. The van der Waals surface area contributed by atoms with Gasteiger partial charge in [-0.1, -0.05) is 12.6 Å². The molecule has 0 unspecified atom stereocenters. The molecule has 222 valence electrons. The van der Waals surface area contributed by atoms with Crippen molar-refractivity contribution in [2.75, 3.05) is 68.2 Å². The molecule has 15 heteroatoms. The monoisotopic (exact) mass is 585 g/mol. The standard InChI is InChI=1S/C27H30F3N9O3/c1-5-22(40)32-17-7-6-8-18(15-17)33-23-19(27(28,29)30)16-31-25(36-23)34-20-9-10-21(35-24(20)42-4)38-11-13-39(14-12-38)26(41)37(2)3/h5-10,15-16H,1,11-14H2,2-4H3,(H,32,40)(H2,31,33,34,36). The van der Waals surface area contributed by atoms with E-state index in [0.29, 0.717) is 49.6 Å². The van der Waals surface area contributed by atoms with E-state index in [1.807, 2.05) is 4.90 Å². The summed E-state index contributed by atoms with van der Waals surface area (Å²) >= 11 is 0. The van der Waals surface area contributed by atoms with Gasteiger partial charge in [-0.2, -0.15) is 23.1 Å². The topological polar surface area (TPSA) is 128 Å². The van der Waals surface area contributed by atoms with E-state index in [1.54, 1.807) is 43.3 Å². The molecule has 1 saturated heterocycles. The highest BCUT2D eigenvalue weighted by molar-refractivity contribution is 5.99. The molecular formula is C27H30F3N9O3. The summed E-state index contributed by atoms with van der Waals surface area (Å²) in [5, 5.41) is 8.09. The predicted octanol–water partition coefficient (Wildman–Crippen LogP) is 4.31. The molecule has 0 atom stereocenters. The van der Waals surface area contributed by atoms with E-state index in [-0.39, 0.29) is 23.5 Å². The van der Waals surface area contributed by atoms with Crippen molar-refractivity contribution in [3.63, 3.8) is 0 Å². The van der Waals surface area contributed by atoms with Gasteiger partial charge in [0, 0.05) is 57.8 Å². The minimum Gasteiger partial charge on any atom is -0.479 e. The van der Waals surface area contributed by atoms with Gasteiger partial charge in [0.25, 0.3) is 0 Å². The number of nitrogens with zero attached hydrogens (tertiary/aromatic N) is 6. The Balaban J connectivity index is 1.54. The lowest BCUT2D eigenvalue weighted by molar-refractivity contribution is -0.137. The summed E-state index contributed by atoms with van der Waals surface area (Å²) < 4.78 is 46.8. The Labute approximate surface area is 240 Å². The number of methoxy groups -OCH3 is 1. The smallest absolute Gasteiger partial charge is 0.421 e. The molecule has 3 aromatic rings. The molecule has 1 aliphatic heterocycles. The fourth-order valence-corrected chi connectivity index (χ4v) is 4.14. The number of halogens is 3. The molecule has 3 N–H and O–H groups in total. The van der Waals surface area contributed by atoms with Crippen LogP contribution in [0.15, 0.2) is 55.3 Å². The predicted molar refractivity (Wildman–Crippen MR) is 153 cm³/mol. The molecule has 0 bridgehead atoms. The highest BCUT2D eigenvalue weighted by atomic mass is 19.4. The fraction of sp³-hybridized carbons (Fsp3) is 0.296. The lowest BCUT2D eigenvalue weighted by atomic mass is 10.2. The zero-order valence-corrected chi connectivity index (χ0v) is 23.2. The summed E-state index contributed by atoms with van der Waals surface area (Å²) in [5.74, 6) is -0.297. The summed E-state index contributed by atoms with van der Waals surface area (Å²) in [6.45, 7) is 5.57. The fourth-order valence-electron chi connectivity index (χ4n) is 4.14. The molecule has 0 spiro atoms. The van der Waals surface area contributed by atoms with Gasteiger partial charge in [-0.15, -0.1) is 0 Å². The molecule has 1 aliphatic rings. The molecule has 0 radical (unpaired) electrons. The number of carbonyl (C=O) groups is 2. The van der Waals surface area contributed by atoms with Crippen LogP contribution >= 0.6 is 0 Å². The number of nitrogens with one attached hydrogen (secondary N) is 3. The second kappa shape index (κ2) is 12.6. The molecule has 42 heavy (non-hydrogen) atoms. The van der Waals surface area contributed by atoms with Gasteiger partial charge in [-0.05, 0) is 36.4 Å². The Morgan fingerprint density at radius 3 is 2.40 bits per heavy atom. The van der Waals surface area contributed by atoms with Crippen molar-refractivity contribution in [3.05, 3.63) is 60.8 Å². The number of aromatic nitrogens is 3. The normalized spacial score (nSPS) is 13.3. The van der Waals surface area contributed by atoms with E-state index in [4.69, 9.17) is 4.74 Å². The SMILES string of the molecule is C=CC(=O)Nc1cccc(Nc2nc(Nc3ccc(N4CCN(C(=O)N(C)C)CC4)nc3OC)ncc2C(F)(F)F)c1. The second-order valence-corrected chi connectivity index (χ2v) is 9.36. The van der Waals surface area contributed by atoms with E-state index in [1.165, 1.54) is 24.1 Å². The van der Waals surface area contributed by atoms with Gasteiger partial charge in [0.05, 0.1) is 7.11 Å². The first-order valence-electron chi connectivity index (χ1n) is 12.8. The molecule has 2 aromatic heterocycles. The van der Waals surface area contributed by atoms with Gasteiger partial charge in [0.2, 0.25) is 17.7 Å². The van der Waals surface area contributed by atoms with E-state index < -0.39 is 23.5 Å². The minimum absolute atomic E-state index is 0.0581. The van der Waals surface area contributed by atoms with E-state index in [2.05, 4.69) is 37.5 Å². The summed E-state index contributed by atoms with van der Waals surface area (Å²) in [7, 11) is 4.83. The van der Waals surface area contributed by atoms with Gasteiger partial charge in [-0.3, -0.25) is 4.79 Å². The highest BCUT2D eigenvalue weighted by Gasteiger charge is 2.35. The third-order valence-electron chi connectivity index (χ3n) is 6.21. The van der Waals surface area contributed by atoms with Crippen LogP contribution in [0.25, 0.3) is 0 Å². The van der Waals surface area contributed by atoms with Crippen molar-refractivity contribution in [1.29, 1.82) is 0 Å². The van der Waals surface area contributed by atoms with Gasteiger partial charge in [-0.25, -0.2) is 9.78 Å². The number of urea groups is 1. The van der Waals surface area contributed by atoms with Gasteiger partial charge in [0.15, 0.2) is 0 Å². The number of ether oxygens (including phenoxy) is 1. The van der Waals surface area contributed by atoms with Gasteiger partial charge >= 0.3 is 12.2 Å².